The van der Waals surface area contributed by atoms with E-state index in [1.165, 1.54) is 12.1 Å². The van der Waals surface area contributed by atoms with Crippen molar-refractivity contribution in [2.75, 3.05) is 11.9 Å². The van der Waals surface area contributed by atoms with E-state index in [4.69, 9.17) is 16.3 Å². The Hall–Kier alpha value is -0.280. The predicted molar refractivity (Wildman–Crippen MR) is 73.6 cm³/mol. The van der Waals surface area contributed by atoms with Gasteiger partial charge in [-0.05, 0) is 17.5 Å². The Kier molecular flexibility index (Phi) is 5.26. The summed E-state index contributed by atoms with van der Waals surface area (Å²) in [6.07, 6.45) is 0. The van der Waals surface area contributed by atoms with E-state index < -0.39 is 5.82 Å². The summed E-state index contributed by atoms with van der Waals surface area (Å²) in [5.74, 6) is 0.560. The van der Waals surface area contributed by atoms with Gasteiger partial charge in [0.15, 0.2) is 0 Å². The third-order valence-electron chi connectivity index (χ3n) is 2.75. The molecule has 0 heterocycles. The van der Waals surface area contributed by atoms with Crippen molar-refractivity contribution in [3.63, 3.8) is 0 Å². The average Bonchev–Trinajstić information content (AvgIpc) is 2.22. The van der Waals surface area contributed by atoms with Gasteiger partial charge in [-0.2, -0.15) is 0 Å². The number of halogens is 3. The molecule has 1 atom stereocenters. The van der Waals surface area contributed by atoms with Gasteiger partial charge in [0.05, 0.1) is 11.6 Å². The van der Waals surface area contributed by atoms with E-state index in [2.05, 4.69) is 36.7 Å². The van der Waals surface area contributed by atoms with E-state index in [0.717, 1.165) is 5.33 Å². The van der Waals surface area contributed by atoms with E-state index in [0.29, 0.717) is 18.3 Å². The van der Waals surface area contributed by atoms with Crippen LogP contribution in [0.25, 0.3) is 0 Å². The standard InChI is InChI=1S/C13H17BrClFO/c1-13(2,3)9(7-14)8-17-10-4-5-12(16)11(15)6-10/h4-6,9H,7-8H2,1-3H3. The van der Waals surface area contributed by atoms with Gasteiger partial charge in [-0.3, -0.25) is 0 Å². The van der Waals surface area contributed by atoms with Crippen molar-refractivity contribution in [3.05, 3.63) is 29.0 Å². The Morgan fingerprint density at radius 3 is 2.53 bits per heavy atom. The van der Waals surface area contributed by atoms with E-state index in [-0.39, 0.29) is 10.4 Å². The zero-order chi connectivity index (χ0) is 13.1. The molecule has 0 aromatic heterocycles. The summed E-state index contributed by atoms with van der Waals surface area (Å²) in [5, 5.41) is 0.958. The SMILES string of the molecule is CC(C)(C)C(CBr)COc1ccc(F)c(Cl)c1. The molecule has 0 saturated heterocycles. The molecule has 1 aromatic carbocycles. The normalized spacial score (nSPS) is 13.5. The van der Waals surface area contributed by atoms with Crippen LogP contribution < -0.4 is 4.74 Å². The van der Waals surface area contributed by atoms with Gasteiger partial charge in [0.1, 0.15) is 11.6 Å². The second kappa shape index (κ2) is 6.05. The van der Waals surface area contributed by atoms with Gasteiger partial charge in [0.25, 0.3) is 0 Å². The van der Waals surface area contributed by atoms with Crippen molar-refractivity contribution in [2.45, 2.75) is 20.8 Å². The second-order valence-corrected chi connectivity index (χ2v) is 6.16. The van der Waals surface area contributed by atoms with Gasteiger partial charge in [-0.15, -0.1) is 0 Å². The van der Waals surface area contributed by atoms with Gasteiger partial charge in [0, 0.05) is 17.3 Å². The molecule has 1 aromatic rings. The topological polar surface area (TPSA) is 9.23 Å². The lowest BCUT2D eigenvalue weighted by Gasteiger charge is -2.29. The zero-order valence-corrected chi connectivity index (χ0v) is 12.6. The summed E-state index contributed by atoms with van der Waals surface area (Å²) in [5.41, 5.74) is 0.160. The molecule has 1 nitrogen and oxygen atoms in total. The highest BCUT2D eigenvalue weighted by molar-refractivity contribution is 9.09. The van der Waals surface area contributed by atoms with Gasteiger partial charge in [-0.25, -0.2) is 4.39 Å². The third kappa shape index (κ3) is 4.47. The van der Waals surface area contributed by atoms with Gasteiger partial charge in [0.2, 0.25) is 0 Å². The fraction of sp³-hybridized carbons (Fsp3) is 0.538. The van der Waals surface area contributed by atoms with Gasteiger partial charge < -0.3 is 4.74 Å². The molecule has 17 heavy (non-hydrogen) atoms. The number of hydrogen-bond acceptors (Lipinski definition) is 1. The molecule has 0 aliphatic heterocycles. The minimum atomic E-state index is -0.424. The van der Waals surface area contributed by atoms with Crippen LogP contribution in [-0.4, -0.2) is 11.9 Å². The molecule has 1 unspecified atom stereocenters. The van der Waals surface area contributed by atoms with Crippen LogP contribution in [0.15, 0.2) is 18.2 Å². The Bertz CT molecular complexity index is 376. The number of alkyl halides is 1. The highest BCUT2D eigenvalue weighted by Crippen LogP contribution is 2.29. The molecule has 0 saturated carbocycles. The molecule has 0 aliphatic rings. The van der Waals surface area contributed by atoms with Crippen molar-refractivity contribution >= 4 is 27.5 Å². The van der Waals surface area contributed by atoms with Crippen LogP contribution in [0.1, 0.15) is 20.8 Å². The summed E-state index contributed by atoms with van der Waals surface area (Å²) in [7, 11) is 0. The molecule has 96 valence electrons. The summed E-state index contributed by atoms with van der Waals surface area (Å²) < 4.78 is 18.6. The lowest BCUT2D eigenvalue weighted by atomic mass is 9.83. The molecular weight excluding hydrogens is 306 g/mol. The minimum Gasteiger partial charge on any atom is -0.493 e. The first-order chi connectivity index (χ1) is 7.84. The maximum absolute atomic E-state index is 13.0. The first-order valence-corrected chi connectivity index (χ1v) is 6.98. The molecule has 0 radical (unpaired) electrons. The smallest absolute Gasteiger partial charge is 0.142 e. The highest BCUT2D eigenvalue weighted by atomic mass is 79.9. The number of ether oxygens (including phenoxy) is 1. The molecule has 0 bridgehead atoms. The van der Waals surface area contributed by atoms with Crippen LogP contribution in [0.5, 0.6) is 5.75 Å². The maximum Gasteiger partial charge on any atom is 0.142 e. The van der Waals surface area contributed by atoms with Crippen LogP contribution in [-0.2, 0) is 0 Å². The van der Waals surface area contributed by atoms with Crippen molar-refractivity contribution in [3.8, 4) is 5.75 Å². The monoisotopic (exact) mass is 322 g/mol. The number of rotatable bonds is 4. The van der Waals surface area contributed by atoms with Crippen LogP contribution in [0, 0.1) is 17.2 Å². The molecule has 0 aliphatic carbocycles. The Morgan fingerprint density at radius 1 is 1.41 bits per heavy atom. The molecule has 0 spiro atoms. The number of benzene rings is 1. The Labute approximate surface area is 115 Å². The fourth-order valence-corrected chi connectivity index (χ4v) is 2.62. The maximum atomic E-state index is 13.0. The molecular formula is C13H17BrClFO. The second-order valence-electron chi connectivity index (χ2n) is 5.10. The quantitative estimate of drug-likeness (QED) is 0.715. The predicted octanol–water partition coefficient (Wildman–Crippen LogP) is 4.92. The van der Waals surface area contributed by atoms with Crippen molar-refractivity contribution in [1.82, 2.24) is 0 Å². The lowest BCUT2D eigenvalue weighted by molar-refractivity contribution is 0.166. The first-order valence-electron chi connectivity index (χ1n) is 5.48. The van der Waals surface area contributed by atoms with Crippen LogP contribution in [0.2, 0.25) is 5.02 Å². The summed E-state index contributed by atoms with van der Waals surface area (Å²) in [6, 6.07) is 4.41. The summed E-state index contributed by atoms with van der Waals surface area (Å²) >= 11 is 9.17. The average molecular weight is 324 g/mol. The Morgan fingerprint density at radius 2 is 2.06 bits per heavy atom. The molecule has 4 heteroatoms. The van der Waals surface area contributed by atoms with E-state index >= 15 is 0 Å². The molecule has 0 fully saturated rings. The Balaban J connectivity index is 2.63. The van der Waals surface area contributed by atoms with E-state index in [1.807, 2.05) is 0 Å². The van der Waals surface area contributed by atoms with Gasteiger partial charge >= 0.3 is 0 Å². The van der Waals surface area contributed by atoms with Crippen molar-refractivity contribution in [1.29, 1.82) is 0 Å². The summed E-state index contributed by atoms with van der Waals surface area (Å²) in [6.45, 7) is 7.08. The summed E-state index contributed by atoms with van der Waals surface area (Å²) in [4.78, 5) is 0. The largest absolute Gasteiger partial charge is 0.493 e. The number of hydrogen-bond donors (Lipinski definition) is 0. The van der Waals surface area contributed by atoms with Crippen molar-refractivity contribution in [2.24, 2.45) is 11.3 Å². The third-order valence-corrected chi connectivity index (χ3v) is 3.82. The lowest BCUT2D eigenvalue weighted by Crippen LogP contribution is -2.27. The molecule has 0 N–H and O–H groups in total. The molecule has 1 rings (SSSR count). The van der Waals surface area contributed by atoms with E-state index in [1.54, 1.807) is 6.07 Å². The zero-order valence-electron chi connectivity index (χ0n) is 10.3. The highest BCUT2D eigenvalue weighted by Gasteiger charge is 2.24. The van der Waals surface area contributed by atoms with Crippen LogP contribution in [0.4, 0.5) is 4.39 Å². The molecule has 0 amide bonds. The first kappa shape index (κ1) is 14.8. The van der Waals surface area contributed by atoms with Gasteiger partial charge in [-0.1, -0.05) is 48.3 Å². The fourth-order valence-electron chi connectivity index (χ4n) is 1.29. The van der Waals surface area contributed by atoms with Crippen molar-refractivity contribution < 1.29 is 9.13 Å². The van der Waals surface area contributed by atoms with E-state index in [9.17, 15) is 4.39 Å². The van der Waals surface area contributed by atoms with Crippen LogP contribution in [0.3, 0.4) is 0 Å². The van der Waals surface area contributed by atoms with Crippen LogP contribution >= 0.6 is 27.5 Å². The minimum absolute atomic E-state index is 0.0913.